The minimum absolute atomic E-state index is 0.152. The van der Waals surface area contributed by atoms with Crippen LogP contribution in [0.5, 0.6) is 0 Å². The number of nitrogens with zero attached hydrogens (tertiary/aromatic N) is 6. The van der Waals surface area contributed by atoms with E-state index in [-0.39, 0.29) is 11.6 Å². The Labute approximate surface area is 204 Å². The fraction of sp³-hybridized carbons (Fsp3) is 0.407. The van der Waals surface area contributed by atoms with Gasteiger partial charge in [-0.2, -0.15) is 0 Å². The fourth-order valence-electron chi connectivity index (χ4n) is 6.10. The van der Waals surface area contributed by atoms with Crippen LogP contribution < -0.4 is 11.4 Å². The van der Waals surface area contributed by atoms with Crippen molar-refractivity contribution in [2.24, 2.45) is 0 Å². The molecule has 2 N–H and O–H groups in total. The lowest BCUT2D eigenvalue weighted by molar-refractivity contribution is 0.133. The van der Waals surface area contributed by atoms with E-state index in [1.165, 1.54) is 36.5 Å². The first kappa shape index (κ1) is 22.0. The van der Waals surface area contributed by atoms with Crippen molar-refractivity contribution >= 4 is 11.6 Å². The molecule has 0 saturated carbocycles. The van der Waals surface area contributed by atoms with Gasteiger partial charge in [0.15, 0.2) is 5.65 Å². The molecule has 6 rings (SSSR count). The highest BCUT2D eigenvalue weighted by molar-refractivity contribution is 5.90. The molecule has 2 saturated heterocycles. The van der Waals surface area contributed by atoms with Crippen molar-refractivity contribution in [2.45, 2.75) is 64.6 Å². The van der Waals surface area contributed by atoms with Crippen molar-refractivity contribution in [3.8, 4) is 22.4 Å². The van der Waals surface area contributed by atoms with E-state index in [1.807, 2.05) is 56.3 Å². The Hall–Kier alpha value is -3.52. The van der Waals surface area contributed by atoms with Crippen molar-refractivity contribution in [3.63, 3.8) is 0 Å². The average molecular weight is 470 g/mol. The summed E-state index contributed by atoms with van der Waals surface area (Å²) < 4.78 is 3.03. The minimum Gasteiger partial charge on any atom is -0.369 e. The van der Waals surface area contributed by atoms with Gasteiger partial charge in [0.2, 0.25) is 5.95 Å². The van der Waals surface area contributed by atoms with Gasteiger partial charge in [-0.15, -0.1) is 5.10 Å². The highest BCUT2D eigenvalue weighted by atomic mass is 16.2. The van der Waals surface area contributed by atoms with Crippen molar-refractivity contribution in [1.29, 1.82) is 0 Å². The second kappa shape index (κ2) is 8.61. The van der Waals surface area contributed by atoms with Gasteiger partial charge in [-0.25, -0.2) is 18.9 Å². The lowest BCUT2D eigenvalue weighted by Crippen LogP contribution is -2.42. The molecule has 35 heavy (non-hydrogen) atoms. The monoisotopic (exact) mass is 469 g/mol. The number of pyridine rings is 1. The predicted octanol–water partition coefficient (Wildman–Crippen LogP) is 3.84. The molecule has 4 aromatic rings. The fourth-order valence-corrected chi connectivity index (χ4v) is 6.10. The molecule has 0 spiro atoms. The molecule has 2 atom stereocenters. The maximum absolute atomic E-state index is 13.5. The second-order valence-corrected chi connectivity index (χ2v) is 9.92. The molecule has 180 valence electrons. The molecule has 1 aromatic carbocycles. The molecule has 5 heterocycles. The summed E-state index contributed by atoms with van der Waals surface area (Å²) in [5, 5.41) is 4.85. The van der Waals surface area contributed by atoms with Crippen LogP contribution in [0.1, 0.15) is 43.5 Å². The molecule has 2 unspecified atom stereocenters. The standard InChI is InChI=1S/C27H31N7O/c1-17-15-20(16-18(2)29-17)23-24(19-7-4-3-5-8-19)30-26(28)34-25(23)31-33(27(34)35)14-13-32-21-9-6-10-22(32)12-11-21/h3-5,7-8,15-16,21-22H,6,9-14H2,1-2H3,(H2,28,30). The average Bonchev–Trinajstić information content (AvgIpc) is 3.27. The summed E-state index contributed by atoms with van der Waals surface area (Å²) >= 11 is 0. The molecule has 0 radical (unpaired) electrons. The quantitative estimate of drug-likeness (QED) is 0.477. The Morgan fingerprint density at radius 2 is 1.60 bits per heavy atom. The van der Waals surface area contributed by atoms with Crippen molar-refractivity contribution in [2.75, 3.05) is 12.3 Å². The van der Waals surface area contributed by atoms with Gasteiger partial charge in [0.05, 0.1) is 17.8 Å². The number of fused-ring (bicyclic) bond motifs is 3. The van der Waals surface area contributed by atoms with Crippen LogP contribution in [0.2, 0.25) is 0 Å². The third-order valence-electron chi connectivity index (χ3n) is 7.59. The zero-order chi connectivity index (χ0) is 24.1. The van der Waals surface area contributed by atoms with E-state index >= 15 is 0 Å². The van der Waals surface area contributed by atoms with E-state index < -0.39 is 0 Å². The van der Waals surface area contributed by atoms with Crippen LogP contribution in [0.25, 0.3) is 28.0 Å². The van der Waals surface area contributed by atoms with E-state index in [9.17, 15) is 4.79 Å². The van der Waals surface area contributed by atoms with Crippen LogP contribution in [0.3, 0.4) is 0 Å². The third kappa shape index (κ3) is 3.82. The number of aromatic nitrogens is 5. The van der Waals surface area contributed by atoms with Crippen LogP contribution in [0.15, 0.2) is 47.3 Å². The third-order valence-corrected chi connectivity index (χ3v) is 7.59. The maximum atomic E-state index is 13.5. The number of piperidine rings is 1. The van der Waals surface area contributed by atoms with E-state index in [1.54, 1.807) is 4.68 Å². The minimum atomic E-state index is -0.238. The number of aryl methyl sites for hydroxylation is 2. The molecule has 0 aliphatic carbocycles. The topological polar surface area (TPSA) is 94.3 Å². The summed E-state index contributed by atoms with van der Waals surface area (Å²) in [7, 11) is 0. The Bertz CT molecular complexity index is 1420. The van der Waals surface area contributed by atoms with Crippen LogP contribution >= 0.6 is 0 Å². The molecule has 8 nitrogen and oxygen atoms in total. The highest BCUT2D eigenvalue weighted by Crippen LogP contribution is 2.36. The summed E-state index contributed by atoms with van der Waals surface area (Å²) in [4.78, 5) is 25.3. The molecule has 2 aliphatic heterocycles. The lowest BCUT2D eigenvalue weighted by Gasteiger charge is -2.34. The van der Waals surface area contributed by atoms with Gasteiger partial charge in [-0.05, 0) is 57.2 Å². The number of anilines is 1. The van der Waals surface area contributed by atoms with Gasteiger partial charge in [0.25, 0.3) is 0 Å². The number of nitrogens with two attached hydrogens (primary N) is 1. The first-order chi connectivity index (χ1) is 17.0. The number of hydrogen-bond donors (Lipinski definition) is 1. The molecule has 2 fully saturated rings. The van der Waals surface area contributed by atoms with Gasteiger partial charge in [0, 0.05) is 35.6 Å². The van der Waals surface area contributed by atoms with Crippen molar-refractivity contribution < 1.29 is 0 Å². The first-order valence-corrected chi connectivity index (χ1v) is 12.6. The Morgan fingerprint density at radius 1 is 0.914 bits per heavy atom. The zero-order valence-corrected chi connectivity index (χ0v) is 20.3. The van der Waals surface area contributed by atoms with E-state index in [2.05, 4.69) is 9.88 Å². The molecule has 0 amide bonds. The van der Waals surface area contributed by atoms with Crippen LogP contribution in [-0.2, 0) is 6.54 Å². The van der Waals surface area contributed by atoms with Crippen LogP contribution in [0.4, 0.5) is 5.95 Å². The van der Waals surface area contributed by atoms with Gasteiger partial charge in [-0.1, -0.05) is 36.8 Å². The van der Waals surface area contributed by atoms with Crippen LogP contribution in [0, 0.1) is 13.8 Å². The van der Waals surface area contributed by atoms with E-state index in [0.29, 0.717) is 30.0 Å². The SMILES string of the molecule is Cc1cc(-c2c(-c3ccccc3)nc(N)n3c(=O)n(CCN4C5CCCC4CC5)nc23)cc(C)n1. The van der Waals surface area contributed by atoms with Crippen LogP contribution in [-0.4, -0.2) is 47.7 Å². The second-order valence-electron chi connectivity index (χ2n) is 9.92. The normalized spacial score (nSPS) is 20.1. The van der Waals surface area contributed by atoms with Crippen molar-refractivity contribution in [3.05, 3.63) is 64.3 Å². The first-order valence-electron chi connectivity index (χ1n) is 12.6. The van der Waals surface area contributed by atoms with Crippen molar-refractivity contribution in [1.82, 2.24) is 29.0 Å². The lowest BCUT2D eigenvalue weighted by atomic mass is 9.99. The molecule has 3 aromatic heterocycles. The number of nitrogen functional groups attached to an aromatic ring is 1. The Balaban J connectivity index is 1.50. The molecular formula is C27H31N7O. The van der Waals surface area contributed by atoms with E-state index in [0.717, 1.165) is 34.6 Å². The van der Waals surface area contributed by atoms with Gasteiger partial charge >= 0.3 is 5.69 Å². The summed E-state index contributed by atoms with van der Waals surface area (Å²) in [5.41, 5.74) is 11.8. The van der Waals surface area contributed by atoms with Gasteiger partial charge in [-0.3, -0.25) is 9.88 Å². The smallest absolute Gasteiger partial charge is 0.353 e. The predicted molar refractivity (Wildman–Crippen MR) is 137 cm³/mol. The number of benzene rings is 1. The maximum Gasteiger partial charge on any atom is 0.353 e. The summed E-state index contributed by atoms with van der Waals surface area (Å²) in [6.07, 6.45) is 6.39. The highest BCUT2D eigenvalue weighted by Gasteiger charge is 2.36. The number of hydrogen-bond acceptors (Lipinski definition) is 6. The molecule has 2 bridgehead atoms. The Kier molecular flexibility index (Phi) is 5.40. The number of rotatable bonds is 5. The summed E-state index contributed by atoms with van der Waals surface area (Å²) in [6.45, 7) is 5.32. The van der Waals surface area contributed by atoms with E-state index in [4.69, 9.17) is 15.8 Å². The largest absolute Gasteiger partial charge is 0.369 e. The zero-order valence-electron chi connectivity index (χ0n) is 20.3. The van der Waals surface area contributed by atoms with Gasteiger partial charge < -0.3 is 5.73 Å². The molecule has 8 heteroatoms. The summed E-state index contributed by atoms with van der Waals surface area (Å²) in [5.74, 6) is 0.152. The summed E-state index contributed by atoms with van der Waals surface area (Å²) in [6, 6.07) is 15.3. The van der Waals surface area contributed by atoms with Gasteiger partial charge in [0.1, 0.15) is 0 Å². The molecule has 2 aliphatic rings. The molecular weight excluding hydrogens is 438 g/mol. The Morgan fingerprint density at radius 3 is 2.29 bits per heavy atom.